The van der Waals surface area contributed by atoms with Crippen LogP contribution >= 0.6 is 0 Å². The number of hydrogen-bond acceptors (Lipinski definition) is 15. The molecule has 0 aliphatic carbocycles. The first-order valence-corrected chi connectivity index (χ1v) is 17.2. The molecule has 0 saturated heterocycles. The van der Waals surface area contributed by atoms with E-state index in [1.807, 2.05) is 0 Å². The van der Waals surface area contributed by atoms with Crippen molar-refractivity contribution >= 4 is 74.2 Å². The van der Waals surface area contributed by atoms with Crippen LogP contribution in [0.15, 0.2) is 29.3 Å². The monoisotopic (exact) mass is 925 g/mol. The molecule has 3 aromatic heterocycles. The van der Waals surface area contributed by atoms with Crippen LogP contribution in [0.4, 0.5) is 29.2 Å². The summed E-state index contributed by atoms with van der Waals surface area (Å²) in [5, 5.41) is 69.5. The van der Waals surface area contributed by atoms with Gasteiger partial charge >= 0.3 is 11.6 Å². The van der Waals surface area contributed by atoms with Crippen LogP contribution in [0, 0.1) is 153 Å². The summed E-state index contributed by atoms with van der Waals surface area (Å²) in [5.41, 5.74) is -3.58. The van der Waals surface area contributed by atoms with Gasteiger partial charge in [-0.1, -0.05) is 44.8 Å². The average molecular weight is 926 g/mol. The molecule has 0 aliphatic heterocycles. The zero-order valence-electron chi connectivity index (χ0n) is 34.8. The van der Waals surface area contributed by atoms with Gasteiger partial charge in [0.25, 0.3) is 22.8 Å². The van der Waals surface area contributed by atoms with E-state index in [1.165, 1.54) is 0 Å². The number of nitriles is 8. The number of aromatic nitrogens is 6. The lowest BCUT2D eigenvalue weighted by Crippen LogP contribution is -2.30. The van der Waals surface area contributed by atoms with Gasteiger partial charge in [0, 0.05) is 7.05 Å². The molecule has 0 amide bonds. The van der Waals surface area contributed by atoms with E-state index in [2.05, 4.69) is 64.0 Å². The number of fused-ring (bicyclic) bond motifs is 6. The summed E-state index contributed by atoms with van der Waals surface area (Å²) in [6.45, 7) is 42.0. The molecule has 0 unspecified atom stereocenters. The first-order chi connectivity index (χ1) is 33.7. The van der Waals surface area contributed by atoms with Gasteiger partial charge in [0.15, 0.2) is 46.0 Å². The maximum absolute atomic E-state index is 13.6. The van der Waals surface area contributed by atoms with E-state index in [0.29, 0.717) is 10.4 Å². The Balaban J connectivity index is 0.000000368. The Morgan fingerprint density at radius 1 is 0.486 bits per heavy atom. The smallest absolute Gasteiger partial charge is 0.307 e. The Bertz CT molecular complexity index is 3600. The third-order valence-electron chi connectivity index (χ3n) is 8.00. The minimum Gasteiger partial charge on any atom is -0.358 e. The van der Waals surface area contributed by atoms with Crippen molar-refractivity contribution in [3.63, 3.8) is 0 Å². The van der Waals surface area contributed by atoms with Gasteiger partial charge in [-0.2, -0.15) is 21.0 Å². The highest BCUT2D eigenvalue weighted by atomic mass is 19.2. The molecular weight excluding hydrogens is 911 g/mol. The third kappa shape index (κ3) is 10.4. The van der Waals surface area contributed by atoms with Crippen molar-refractivity contribution in [2.75, 3.05) is 7.05 Å². The maximum atomic E-state index is 13.6. The Morgan fingerprint density at radius 2 is 0.729 bits per heavy atom. The molecule has 0 aliphatic rings. The number of hydrogen-bond donors (Lipinski definition) is 0. The van der Waals surface area contributed by atoms with Crippen LogP contribution in [-0.4, -0.2) is 43.6 Å². The lowest BCUT2D eigenvalue weighted by molar-refractivity contribution is 0.434. The number of halogens is 4. The van der Waals surface area contributed by atoms with E-state index in [0.717, 1.165) is 18.8 Å². The Morgan fingerprint density at radius 3 is 0.929 bits per heavy atom. The zero-order chi connectivity index (χ0) is 52.2. The number of aliphatic imine (C=N–C) groups is 1. The van der Waals surface area contributed by atoms with Crippen molar-refractivity contribution < 1.29 is 18.9 Å². The molecule has 0 saturated carbocycles. The van der Waals surface area contributed by atoms with Crippen LogP contribution in [-0.2, 0) is 0 Å². The maximum Gasteiger partial charge on any atom is 0.307 e. The van der Waals surface area contributed by atoms with Crippen LogP contribution in [0.1, 0.15) is 31.6 Å². The topological polar surface area (TPSA) is 306 Å². The van der Waals surface area contributed by atoms with Crippen LogP contribution in [0.25, 0.3) is 85.0 Å². The molecular formula is C45H13F4N21. The number of rotatable bonds is 0. The summed E-state index contributed by atoms with van der Waals surface area (Å²) >= 11 is 0. The van der Waals surface area contributed by atoms with E-state index in [1.54, 1.807) is 67.7 Å². The predicted molar refractivity (Wildman–Crippen MR) is 233 cm³/mol. The summed E-state index contributed by atoms with van der Waals surface area (Å²) < 4.78 is 60.7. The second-order valence-corrected chi connectivity index (χ2v) is 11.6. The van der Waals surface area contributed by atoms with Gasteiger partial charge in [-0.05, 0) is 17.1 Å². The molecule has 0 N–H and O–H groups in total. The van der Waals surface area contributed by atoms with Crippen LogP contribution in [0.2, 0.25) is 0 Å². The molecule has 0 spiro atoms. The Labute approximate surface area is 392 Å². The van der Waals surface area contributed by atoms with Gasteiger partial charge in [-0.25, -0.2) is 77.9 Å². The average Bonchev–Trinajstić information content (AvgIpc) is 3.40. The van der Waals surface area contributed by atoms with Crippen molar-refractivity contribution in [1.82, 2.24) is 29.9 Å². The van der Waals surface area contributed by atoms with E-state index < -0.39 is 45.1 Å². The zero-order valence-corrected chi connectivity index (χ0v) is 33.8. The molecule has 6 rings (SSSR count). The summed E-state index contributed by atoms with van der Waals surface area (Å²) in [7, 11) is 1.56. The van der Waals surface area contributed by atoms with Gasteiger partial charge in [-0.15, -0.1) is 9.97 Å². The molecule has 70 heavy (non-hydrogen) atoms. The Kier molecular flexibility index (Phi) is 18.0. The van der Waals surface area contributed by atoms with E-state index in [4.69, 9.17) is 61.9 Å². The fourth-order valence-corrected chi connectivity index (χ4v) is 5.16. The molecule has 0 bridgehead atoms. The van der Waals surface area contributed by atoms with Crippen molar-refractivity contribution in [2.24, 2.45) is 4.99 Å². The van der Waals surface area contributed by atoms with Gasteiger partial charge in [0.05, 0.1) is 62.4 Å². The molecule has 0 atom stereocenters. The van der Waals surface area contributed by atoms with Crippen molar-refractivity contribution in [2.45, 2.75) is 7.43 Å². The predicted octanol–water partition coefficient (Wildman–Crippen LogP) is 5.19. The standard InChI is InChI=1S/C18N12.C12F4N4.C12H4N4.C2H5N.CH4/c1-23-17-9(5-21)27-13-11-12(26-8(4-20)7(3-19)25-11)14-16(15(13)29-17)30-18(24-2)10(6-22)28-14;1-19-5(3-17)7-9(13)11(15)8(6(4-18)20-2)12(16)10(7)14;1-15-11(7-13)9-3-5-10(6-4-9)12(8-14)16-2;1-3-2;/h;;3-6H;1H2,2H3;1H4/i;;;1T;. The molecule has 3 aromatic carbocycles. The van der Waals surface area contributed by atoms with Gasteiger partial charge < -0.3 is 14.7 Å². The van der Waals surface area contributed by atoms with Crippen LogP contribution in [0.5, 0.6) is 0 Å². The first-order valence-electron chi connectivity index (χ1n) is 17.8. The minimum absolute atomic E-state index is 0. The van der Waals surface area contributed by atoms with Crippen LogP contribution < -0.4 is 20.9 Å². The first kappa shape index (κ1) is 51.8. The van der Waals surface area contributed by atoms with Crippen molar-refractivity contribution in [3.05, 3.63) is 160 Å². The highest BCUT2D eigenvalue weighted by molar-refractivity contribution is 6.18. The fourth-order valence-electron chi connectivity index (χ4n) is 5.16. The van der Waals surface area contributed by atoms with Crippen molar-refractivity contribution in [1.29, 1.82) is 42.1 Å². The normalized spacial score (nSPS) is 9.04. The molecule has 0 fully saturated rings. The molecule has 3 heterocycles. The van der Waals surface area contributed by atoms with Gasteiger partial charge in [-0.3, -0.25) is 0 Å². The lowest BCUT2D eigenvalue weighted by atomic mass is 10.1. The summed E-state index contributed by atoms with van der Waals surface area (Å²) in [4.78, 5) is 45.4. The second kappa shape index (κ2) is 24.3. The third-order valence-corrected chi connectivity index (χ3v) is 8.00. The molecule has 0 radical (unpaired) electrons. The molecule has 6 aromatic rings. The van der Waals surface area contributed by atoms with E-state index in [-0.39, 0.29) is 86.3 Å². The number of benzene rings is 3. The second-order valence-electron chi connectivity index (χ2n) is 11.6. The van der Waals surface area contributed by atoms with Crippen molar-refractivity contribution in [3.8, 4) is 48.6 Å². The summed E-state index contributed by atoms with van der Waals surface area (Å²) in [6.07, 6.45) is 0. The minimum atomic E-state index is -2.01. The lowest BCUT2D eigenvalue weighted by Gasteiger charge is -2.06. The summed E-state index contributed by atoms with van der Waals surface area (Å²) in [5.74, 6) is -8.65. The van der Waals surface area contributed by atoms with Gasteiger partial charge in [0.2, 0.25) is 11.0 Å². The molecule has 326 valence electrons. The fraction of sp³-hybridized carbons (Fsp3) is 0.0444. The quantitative estimate of drug-likeness (QED) is 0.0622. The van der Waals surface area contributed by atoms with Gasteiger partial charge in [0.1, 0.15) is 46.3 Å². The largest absolute Gasteiger partial charge is 0.358 e. The van der Waals surface area contributed by atoms with Crippen LogP contribution in [0.3, 0.4) is 0 Å². The SMILES string of the molecule is C.[3H]C=NC.[C-]#[N+]C(C#N)=c1c(F)c(F)c(=C(C#N)[N+]#[C-])c(F)c1F.[C-]#[N+]C(C#N)=c1ccc(=C(C#N)[N+]#[C-])cc1.[C-]#[N+]c1nc2c(nc1C#N)c1nc(C#N)c(C#N)nc1c1nc(C#N)c([N+]#[C-])nc12. The van der Waals surface area contributed by atoms with E-state index >= 15 is 0 Å². The number of nitrogens with zero attached hydrogens (tertiary/aromatic N) is 21. The Hall–Kier alpha value is -12.6. The molecule has 21 nitrogen and oxygen atoms in total. The van der Waals surface area contributed by atoms with E-state index in [9.17, 15) is 38.6 Å². The highest BCUT2D eigenvalue weighted by Crippen LogP contribution is 2.33. The molecule has 25 heteroatoms. The highest BCUT2D eigenvalue weighted by Gasteiger charge is 2.27. The summed E-state index contributed by atoms with van der Waals surface area (Å²) in [6, 6.07) is 19.0.